The summed E-state index contributed by atoms with van der Waals surface area (Å²) >= 11 is 0. The van der Waals surface area contributed by atoms with Crippen molar-refractivity contribution >= 4 is 11.6 Å². The predicted octanol–water partition coefficient (Wildman–Crippen LogP) is 3.21. The topological polar surface area (TPSA) is 41.1 Å². The molecule has 104 valence electrons. The third-order valence-corrected chi connectivity index (χ3v) is 4.29. The molecule has 4 nitrogen and oxygen atoms in total. The molecule has 0 radical (unpaired) electrons. The molecule has 0 bridgehead atoms. The summed E-state index contributed by atoms with van der Waals surface area (Å²) < 4.78 is 0. The molecule has 1 saturated carbocycles. The minimum absolute atomic E-state index is 0.609. The summed E-state index contributed by atoms with van der Waals surface area (Å²) in [4.78, 5) is 11.2. The van der Waals surface area contributed by atoms with E-state index in [1.54, 1.807) is 6.33 Å². The number of nitrogens with zero attached hydrogens (tertiary/aromatic N) is 3. The molecule has 1 aliphatic heterocycles. The van der Waals surface area contributed by atoms with Crippen molar-refractivity contribution in [1.82, 2.24) is 9.97 Å². The largest absolute Gasteiger partial charge is 0.367 e. The van der Waals surface area contributed by atoms with E-state index in [4.69, 9.17) is 0 Å². The van der Waals surface area contributed by atoms with Gasteiger partial charge in [-0.2, -0.15) is 0 Å². The molecular weight excluding hydrogens is 236 g/mol. The van der Waals surface area contributed by atoms with Gasteiger partial charge < -0.3 is 10.2 Å². The Labute approximate surface area is 115 Å². The van der Waals surface area contributed by atoms with Crippen LogP contribution >= 0.6 is 0 Å². The van der Waals surface area contributed by atoms with Gasteiger partial charge in [-0.25, -0.2) is 9.97 Å². The van der Waals surface area contributed by atoms with Crippen LogP contribution in [0.5, 0.6) is 0 Å². The Kier molecular flexibility index (Phi) is 4.16. The molecule has 1 aliphatic carbocycles. The lowest BCUT2D eigenvalue weighted by Gasteiger charge is -2.28. The van der Waals surface area contributed by atoms with Gasteiger partial charge in [-0.1, -0.05) is 19.3 Å². The number of rotatable bonds is 3. The van der Waals surface area contributed by atoms with E-state index in [0.717, 1.165) is 24.7 Å². The Bertz CT molecular complexity index is 395. The van der Waals surface area contributed by atoms with Crippen LogP contribution in [0.3, 0.4) is 0 Å². The fraction of sp³-hybridized carbons (Fsp3) is 0.733. The first kappa shape index (κ1) is 12.7. The molecule has 2 fully saturated rings. The fourth-order valence-electron chi connectivity index (χ4n) is 3.18. The molecule has 1 N–H and O–H groups in total. The Hall–Kier alpha value is -1.32. The third-order valence-electron chi connectivity index (χ3n) is 4.29. The average molecular weight is 260 g/mol. The van der Waals surface area contributed by atoms with Gasteiger partial charge in [-0.15, -0.1) is 0 Å². The molecule has 0 amide bonds. The Morgan fingerprint density at radius 3 is 2.47 bits per heavy atom. The highest BCUT2D eigenvalue weighted by molar-refractivity contribution is 5.49. The van der Waals surface area contributed by atoms with Crippen LogP contribution in [0.2, 0.25) is 0 Å². The van der Waals surface area contributed by atoms with E-state index < -0.39 is 0 Å². The molecular formula is C15H24N4. The van der Waals surface area contributed by atoms with Crippen LogP contribution in [0.1, 0.15) is 51.4 Å². The van der Waals surface area contributed by atoms with Gasteiger partial charge in [0.05, 0.1) is 0 Å². The molecule has 1 aromatic heterocycles. The van der Waals surface area contributed by atoms with Crippen LogP contribution in [0, 0.1) is 0 Å². The SMILES string of the molecule is c1nc(NC2CCCCC2)cc(N2CCCCC2)n1. The monoisotopic (exact) mass is 260 g/mol. The molecule has 1 aromatic rings. The van der Waals surface area contributed by atoms with E-state index in [2.05, 4.69) is 26.3 Å². The summed E-state index contributed by atoms with van der Waals surface area (Å²) in [5.74, 6) is 2.09. The summed E-state index contributed by atoms with van der Waals surface area (Å²) in [7, 11) is 0. The molecule has 1 saturated heterocycles. The highest BCUT2D eigenvalue weighted by Crippen LogP contribution is 2.23. The van der Waals surface area contributed by atoms with Gasteiger partial charge in [-0.3, -0.25) is 0 Å². The second-order valence-corrected chi connectivity index (χ2v) is 5.79. The van der Waals surface area contributed by atoms with E-state index in [-0.39, 0.29) is 0 Å². The first-order valence-electron chi connectivity index (χ1n) is 7.75. The second-order valence-electron chi connectivity index (χ2n) is 5.79. The summed E-state index contributed by atoms with van der Waals surface area (Å²) in [6.45, 7) is 2.28. The first-order chi connectivity index (χ1) is 9.42. The predicted molar refractivity (Wildman–Crippen MR) is 78.6 cm³/mol. The highest BCUT2D eigenvalue weighted by Gasteiger charge is 2.16. The Morgan fingerprint density at radius 2 is 1.68 bits per heavy atom. The zero-order valence-corrected chi connectivity index (χ0v) is 11.6. The van der Waals surface area contributed by atoms with E-state index >= 15 is 0 Å². The van der Waals surface area contributed by atoms with Crippen LogP contribution in [0.25, 0.3) is 0 Å². The highest BCUT2D eigenvalue weighted by atomic mass is 15.2. The van der Waals surface area contributed by atoms with Crippen molar-refractivity contribution in [2.45, 2.75) is 57.4 Å². The van der Waals surface area contributed by atoms with Crippen LogP contribution in [0.15, 0.2) is 12.4 Å². The van der Waals surface area contributed by atoms with Crippen molar-refractivity contribution in [3.8, 4) is 0 Å². The van der Waals surface area contributed by atoms with Crippen LogP contribution in [-0.4, -0.2) is 29.1 Å². The first-order valence-corrected chi connectivity index (χ1v) is 7.75. The molecule has 0 atom stereocenters. The van der Waals surface area contributed by atoms with Gasteiger partial charge in [0.1, 0.15) is 18.0 Å². The van der Waals surface area contributed by atoms with Crippen molar-refractivity contribution in [3.05, 3.63) is 12.4 Å². The quantitative estimate of drug-likeness (QED) is 0.906. The average Bonchev–Trinajstić information content (AvgIpc) is 2.49. The zero-order valence-electron chi connectivity index (χ0n) is 11.6. The smallest absolute Gasteiger partial charge is 0.134 e. The standard InChI is InChI=1S/C15H24N4/c1-3-7-13(8-4-1)18-14-11-15(17-12-16-14)19-9-5-2-6-10-19/h11-13H,1-10H2,(H,16,17,18). The number of anilines is 2. The number of aromatic nitrogens is 2. The van der Waals surface area contributed by atoms with Crippen molar-refractivity contribution in [2.75, 3.05) is 23.3 Å². The molecule has 0 spiro atoms. The van der Waals surface area contributed by atoms with Crippen molar-refractivity contribution < 1.29 is 0 Å². The van der Waals surface area contributed by atoms with Gasteiger partial charge in [0.2, 0.25) is 0 Å². The zero-order chi connectivity index (χ0) is 12.9. The van der Waals surface area contributed by atoms with Crippen molar-refractivity contribution in [3.63, 3.8) is 0 Å². The minimum atomic E-state index is 0.609. The summed E-state index contributed by atoms with van der Waals surface area (Å²) in [6, 6.07) is 2.73. The van der Waals surface area contributed by atoms with E-state index in [0.29, 0.717) is 6.04 Å². The number of nitrogens with one attached hydrogen (secondary N) is 1. The third kappa shape index (κ3) is 3.37. The van der Waals surface area contributed by atoms with Crippen LogP contribution in [0.4, 0.5) is 11.6 Å². The summed E-state index contributed by atoms with van der Waals surface area (Å²) in [6.07, 6.45) is 12.3. The number of hydrogen-bond acceptors (Lipinski definition) is 4. The summed E-state index contributed by atoms with van der Waals surface area (Å²) in [5, 5.41) is 3.58. The minimum Gasteiger partial charge on any atom is -0.367 e. The van der Waals surface area contributed by atoms with Gasteiger partial charge in [0, 0.05) is 25.2 Å². The lowest BCUT2D eigenvalue weighted by atomic mass is 9.95. The normalized spacial score (nSPS) is 21.4. The maximum absolute atomic E-state index is 4.43. The molecule has 2 aliphatic rings. The van der Waals surface area contributed by atoms with Gasteiger partial charge in [-0.05, 0) is 32.1 Å². The molecule has 2 heterocycles. The van der Waals surface area contributed by atoms with E-state index in [1.807, 2.05) is 0 Å². The van der Waals surface area contributed by atoms with Gasteiger partial charge in [0.25, 0.3) is 0 Å². The lowest BCUT2D eigenvalue weighted by Crippen LogP contribution is -2.30. The van der Waals surface area contributed by atoms with Crippen molar-refractivity contribution in [1.29, 1.82) is 0 Å². The molecule has 0 aromatic carbocycles. The van der Waals surface area contributed by atoms with Crippen molar-refractivity contribution in [2.24, 2.45) is 0 Å². The molecule has 4 heteroatoms. The van der Waals surface area contributed by atoms with Gasteiger partial charge in [0.15, 0.2) is 0 Å². The van der Waals surface area contributed by atoms with Crippen LogP contribution in [-0.2, 0) is 0 Å². The fourth-order valence-corrected chi connectivity index (χ4v) is 3.18. The number of hydrogen-bond donors (Lipinski definition) is 1. The Balaban J connectivity index is 1.64. The summed E-state index contributed by atoms with van der Waals surface area (Å²) in [5.41, 5.74) is 0. The van der Waals surface area contributed by atoms with E-state index in [9.17, 15) is 0 Å². The molecule has 0 unspecified atom stereocenters. The maximum atomic E-state index is 4.43. The maximum Gasteiger partial charge on any atom is 0.134 e. The number of piperidine rings is 1. The van der Waals surface area contributed by atoms with E-state index in [1.165, 1.54) is 51.4 Å². The Morgan fingerprint density at radius 1 is 0.947 bits per heavy atom. The second kappa shape index (κ2) is 6.22. The molecule has 3 rings (SSSR count). The molecule has 19 heavy (non-hydrogen) atoms. The van der Waals surface area contributed by atoms with Crippen LogP contribution < -0.4 is 10.2 Å². The lowest BCUT2D eigenvalue weighted by molar-refractivity contribution is 0.462. The van der Waals surface area contributed by atoms with Gasteiger partial charge >= 0.3 is 0 Å².